The van der Waals surface area contributed by atoms with E-state index in [1.165, 1.54) is 43.1 Å². The molecule has 9 heteroatoms. The van der Waals surface area contributed by atoms with Crippen molar-refractivity contribution in [1.82, 2.24) is 0 Å². The number of hydrogen-bond donors (Lipinski definition) is 4. The van der Waals surface area contributed by atoms with Gasteiger partial charge in [-0.3, -0.25) is 15.0 Å². The third-order valence-electron chi connectivity index (χ3n) is 5.16. The van der Waals surface area contributed by atoms with Gasteiger partial charge in [0.1, 0.15) is 11.5 Å². The van der Waals surface area contributed by atoms with E-state index in [-0.39, 0.29) is 34.0 Å². The van der Waals surface area contributed by atoms with Gasteiger partial charge in [0.15, 0.2) is 0 Å². The molecule has 0 aliphatic heterocycles. The normalized spacial score (nSPS) is 10.1. The van der Waals surface area contributed by atoms with Gasteiger partial charge in [-0.15, -0.1) is 0 Å². The number of aromatic carboxylic acids is 1. The molecule has 34 heavy (non-hydrogen) atoms. The average Bonchev–Trinajstić information content (AvgIpc) is 2.83. The van der Waals surface area contributed by atoms with E-state index >= 15 is 0 Å². The summed E-state index contributed by atoms with van der Waals surface area (Å²) >= 11 is 0. The summed E-state index contributed by atoms with van der Waals surface area (Å²) in [5.74, 6) is -3.00. The summed E-state index contributed by atoms with van der Waals surface area (Å²) in [5, 5.41) is 39.7. The molecular weight excluding hydrogens is 436 g/mol. The minimum atomic E-state index is -1.36. The van der Waals surface area contributed by atoms with Gasteiger partial charge in [0.2, 0.25) is 5.91 Å². The Bertz CT molecular complexity index is 1360. The highest BCUT2D eigenvalue weighted by molar-refractivity contribution is 6.48. The fraction of sp³-hybridized carbons (Fsp3) is 0.0800. The predicted octanol–water partition coefficient (Wildman–Crippen LogP) is 3.62. The van der Waals surface area contributed by atoms with Crippen LogP contribution in [0.1, 0.15) is 28.4 Å². The Balaban J connectivity index is 2.03. The van der Waals surface area contributed by atoms with Crippen LogP contribution in [0.2, 0.25) is 0 Å². The third kappa shape index (κ3) is 4.76. The van der Waals surface area contributed by atoms with Crippen LogP contribution in [0.4, 0.5) is 11.4 Å². The molecule has 0 aliphatic rings. The lowest BCUT2D eigenvalue weighted by Crippen LogP contribution is -2.26. The number of phenols is 1. The first-order valence-corrected chi connectivity index (χ1v) is 9.98. The van der Waals surface area contributed by atoms with Crippen LogP contribution in [0, 0.1) is 16.7 Å². The highest BCUT2D eigenvalue weighted by atomic mass is 16.4. The van der Waals surface area contributed by atoms with E-state index in [1.807, 2.05) is 12.1 Å². The molecule has 9 nitrogen and oxygen atoms in total. The number of nitriles is 1. The maximum atomic E-state index is 12.8. The van der Waals surface area contributed by atoms with Crippen LogP contribution in [0.3, 0.4) is 0 Å². The summed E-state index contributed by atoms with van der Waals surface area (Å²) < 4.78 is 0. The zero-order valence-electron chi connectivity index (χ0n) is 18.3. The molecule has 0 radical (unpaired) electrons. The molecule has 0 heterocycles. The molecule has 3 rings (SSSR count). The zero-order chi connectivity index (χ0) is 25.0. The van der Waals surface area contributed by atoms with E-state index in [4.69, 9.17) is 10.7 Å². The topological polar surface area (TPSA) is 155 Å². The van der Waals surface area contributed by atoms with Gasteiger partial charge >= 0.3 is 5.97 Å². The molecule has 170 valence electrons. The number of amides is 2. The molecular formula is C25H20N4O5. The number of phenolic OH excluding ortho intramolecular Hbond substituents is 1. The highest BCUT2D eigenvalue weighted by Gasteiger charge is 2.23. The SMILES string of the molecule is CC(=O)N(C)c1cc(C(=N)C(=O)Nc2ccc(C#N)cc2C(=O)O)c(O)cc1-c1ccccc1. The monoisotopic (exact) mass is 456 g/mol. The van der Waals surface area contributed by atoms with Crippen molar-refractivity contribution in [3.63, 3.8) is 0 Å². The maximum absolute atomic E-state index is 12.8. The van der Waals surface area contributed by atoms with Crippen molar-refractivity contribution in [3.05, 3.63) is 77.4 Å². The van der Waals surface area contributed by atoms with E-state index < -0.39 is 17.6 Å². The first kappa shape index (κ1) is 23.7. The van der Waals surface area contributed by atoms with Gasteiger partial charge in [0.25, 0.3) is 5.91 Å². The molecule has 0 fully saturated rings. The summed E-state index contributed by atoms with van der Waals surface area (Å²) in [6, 6.07) is 17.2. The van der Waals surface area contributed by atoms with Crippen LogP contribution in [-0.4, -0.2) is 40.8 Å². The van der Waals surface area contributed by atoms with Crippen LogP contribution in [-0.2, 0) is 9.59 Å². The molecule has 2 amide bonds. The number of rotatable bonds is 6. The second-order valence-electron chi connectivity index (χ2n) is 7.34. The number of anilines is 2. The number of nitrogens with one attached hydrogen (secondary N) is 2. The summed E-state index contributed by atoms with van der Waals surface area (Å²) in [5.41, 5.74) is 0.482. The standard InChI is InChI=1S/C25H20N4O5/c1-14(30)29(2)21-11-19(22(31)12-17(21)16-6-4-3-5-7-16)23(27)24(32)28-20-9-8-15(13-26)10-18(20)25(33)34/h3-12,27,31H,1-2H3,(H,28,32)(H,33,34). The van der Waals surface area contributed by atoms with Gasteiger partial charge in [-0.2, -0.15) is 5.26 Å². The van der Waals surface area contributed by atoms with Gasteiger partial charge in [0, 0.05) is 25.1 Å². The molecule has 3 aromatic carbocycles. The van der Waals surface area contributed by atoms with Gasteiger partial charge < -0.3 is 20.4 Å². The number of carboxylic acid groups (broad SMARTS) is 1. The van der Waals surface area contributed by atoms with Crippen molar-refractivity contribution >= 4 is 34.9 Å². The molecule has 0 spiro atoms. The third-order valence-corrected chi connectivity index (χ3v) is 5.16. The second kappa shape index (κ2) is 9.67. The Labute approximate surface area is 195 Å². The maximum Gasteiger partial charge on any atom is 0.337 e. The zero-order valence-corrected chi connectivity index (χ0v) is 18.3. The van der Waals surface area contributed by atoms with Crippen LogP contribution >= 0.6 is 0 Å². The van der Waals surface area contributed by atoms with Crippen molar-refractivity contribution in [2.45, 2.75) is 6.92 Å². The molecule has 0 saturated heterocycles. The van der Waals surface area contributed by atoms with Crippen LogP contribution in [0.5, 0.6) is 5.75 Å². The van der Waals surface area contributed by atoms with Crippen molar-refractivity contribution < 1.29 is 24.6 Å². The van der Waals surface area contributed by atoms with E-state index in [0.29, 0.717) is 16.8 Å². The molecule has 0 atom stereocenters. The Morgan fingerprint density at radius 2 is 1.71 bits per heavy atom. The summed E-state index contributed by atoms with van der Waals surface area (Å²) in [4.78, 5) is 37.7. The lowest BCUT2D eigenvalue weighted by Gasteiger charge is -2.21. The van der Waals surface area contributed by atoms with E-state index in [1.54, 1.807) is 24.3 Å². The van der Waals surface area contributed by atoms with Gasteiger partial charge in [-0.25, -0.2) is 4.79 Å². The minimum absolute atomic E-state index is 0.0940. The number of carbonyl (C=O) groups is 3. The number of carboxylic acids is 1. The molecule has 0 aromatic heterocycles. The Morgan fingerprint density at radius 3 is 2.29 bits per heavy atom. The minimum Gasteiger partial charge on any atom is -0.507 e. The molecule has 3 aromatic rings. The lowest BCUT2D eigenvalue weighted by molar-refractivity contribution is -0.116. The van der Waals surface area contributed by atoms with Crippen molar-refractivity contribution in [1.29, 1.82) is 10.7 Å². The first-order chi connectivity index (χ1) is 16.1. The fourth-order valence-corrected chi connectivity index (χ4v) is 3.28. The summed E-state index contributed by atoms with van der Waals surface area (Å²) in [7, 11) is 1.53. The largest absolute Gasteiger partial charge is 0.507 e. The number of aromatic hydroxyl groups is 1. The number of benzene rings is 3. The Kier molecular flexibility index (Phi) is 6.73. The van der Waals surface area contributed by atoms with Crippen LogP contribution in [0.15, 0.2) is 60.7 Å². The number of hydrogen-bond acceptors (Lipinski definition) is 6. The van der Waals surface area contributed by atoms with Gasteiger partial charge in [0.05, 0.1) is 28.6 Å². The van der Waals surface area contributed by atoms with Crippen LogP contribution in [0.25, 0.3) is 11.1 Å². The predicted molar refractivity (Wildman–Crippen MR) is 126 cm³/mol. The number of nitrogens with zero attached hydrogens (tertiary/aromatic N) is 2. The second-order valence-corrected chi connectivity index (χ2v) is 7.34. The molecule has 0 bridgehead atoms. The van der Waals surface area contributed by atoms with E-state index in [9.17, 15) is 24.6 Å². The van der Waals surface area contributed by atoms with Gasteiger partial charge in [-0.05, 0) is 35.9 Å². The Morgan fingerprint density at radius 1 is 1.03 bits per heavy atom. The quantitative estimate of drug-likeness (QED) is 0.415. The molecule has 0 unspecified atom stereocenters. The summed E-state index contributed by atoms with van der Waals surface area (Å²) in [6.07, 6.45) is 0. The van der Waals surface area contributed by atoms with Crippen LogP contribution < -0.4 is 10.2 Å². The summed E-state index contributed by atoms with van der Waals surface area (Å²) in [6.45, 7) is 1.36. The molecule has 4 N–H and O–H groups in total. The van der Waals surface area contributed by atoms with Gasteiger partial charge in [-0.1, -0.05) is 30.3 Å². The molecule has 0 saturated carbocycles. The lowest BCUT2D eigenvalue weighted by atomic mass is 9.97. The average molecular weight is 456 g/mol. The fourth-order valence-electron chi connectivity index (χ4n) is 3.28. The molecule has 0 aliphatic carbocycles. The number of carbonyl (C=O) groups excluding carboxylic acids is 2. The Hall–Kier alpha value is -4.97. The highest BCUT2D eigenvalue weighted by Crippen LogP contribution is 2.36. The van der Waals surface area contributed by atoms with Crippen molar-refractivity contribution in [2.75, 3.05) is 17.3 Å². The first-order valence-electron chi connectivity index (χ1n) is 9.98. The van der Waals surface area contributed by atoms with Crippen molar-refractivity contribution in [3.8, 4) is 22.9 Å². The van der Waals surface area contributed by atoms with Crippen molar-refractivity contribution in [2.24, 2.45) is 0 Å². The smallest absolute Gasteiger partial charge is 0.337 e. The van der Waals surface area contributed by atoms with E-state index in [0.717, 1.165) is 6.07 Å². The van der Waals surface area contributed by atoms with E-state index in [2.05, 4.69) is 5.32 Å².